The summed E-state index contributed by atoms with van der Waals surface area (Å²) >= 11 is 1.37. The second-order valence-electron chi connectivity index (χ2n) is 8.33. The lowest BCUT2D eigenvalue weighted by molar-refractivity contribution is -0.114. The van der Waals surface area contributed by atoms with Crippen LogP contribution < -0.4 is 0 Å². The van der Waals surface area contributed by atoms with Crippen LogP contribution >= 0.6 is 19.4 Å². The molecular formula is C19H31O5PS. The van der Waals surface area contributed by atoms with Gasteiger partial charge in [0, 0.05) is 30.2 Å². The molecule has 0 fully saturated rings. The lowest BCUT2D eigenvalue weighted by atomic mass is 9.79. The number of hydrogen-bond acceptors (Lipinski definition) is 6. The maximum absolute atomic E-state index is 12.2. The number of thioether (sulfide) groups is 1. The van der Waals surface area contributed by atoms with Gasteiger partial charge in [0.1, 0.15) is 11.9 Å². The monoisotopic (exact) mass is 402 g/mol. The van der Waals surface area contributed by atoms with Crippen LogP contribution in [0, 0.1) is 0 Å². The lowest BCUT2D eigenvalue weighted by Gasteiger charge is -2.28. The zero-order valence-electron chi connectivity index (χ0n) is 17.0. The van der Waals surface area contributed by atoms with Crippen molar-refractivity contribution in [2.24, 2.45) is 0 Å². The molecule has 1 N–H and O–H groups in total. The molecule has 1 rings (SSSR count). The Bertz CT molecular complexity index is 658. The molecule has 148 valence electrons. The summed E-state index contributed by atoms with van der Waals surface area (Å²) < 4.78 is 21.7. The molecule has 5 nitrogen and oxygen atoms in total. The number of carbonyl (C=O) groups excluding carboxylic acids is 1. The number of ketones is 1. The Morgan fingerprint density at radius 3 is 1.81 bits per heavy atom. The molecule has 0 aromatic heterocycles. The first-order valence-corrected chi connectivity index (χ1v) is 11.2. The molecule has 0 amide bonds. The van der Waals surface area contributed by atoms with E-state index in [1.54, 1.807) is 0 Å². The Hall–Kier alpha value is -0.810. The average molecular weight is 402 g/mol. The predicted molar refractivity (Wildman–Crippen MR) is 108 cm³/mol. The highest BCUT2D eigenvalue weighted by Crippen LogP contribution is 2.46. The third-order valence-corrected chi connectivity index (χ3v) is 6.91. The van der Waals surface area contributed by atoms with Gasteiger partial charge in [0.15, 0.2) is 5.78 Å². The minimum atomic E-state index is -3.34. The summed E-state index contributed by atoms with van der Waals surface area (Å²) in [6.45, 7) is 12.3. The molecule has 0 aliphatic heterocycles. The molecule has 0 atom stereocenters. The molecule has 0 aliphatic carbocycles. The standard InChI is InChI=1S/C19H31O5PS/c1-18(2,3)15-9-14(10-16(17(15)21)19(4,5)6)26-12-13(20)11-25(22,23-7)24-8/h9-10,21H,11-12H2,1-8H3. The fraction of sp³-hybridized carbons (Fsp3) is 0.632. The molecule has 0 heterocycles. The maximum atomic E-state index is 12.2. The van der Waals surface area contributed by atoms with E-state index in [1.165, 1.54) is 26.0 Å². The molecule has 1 aromatic rings. The van der Waals surface area contributed by atoms with Gasteiger partial charge < -0.3 is 14.2 Å². The summed E-state index contributed by atoms with van der Waals surface area (Å²) in [6, 6.07) is 3.85. The van der Waals surface area contributed by atoms with E-state index in [4.69, 9.17) is 9.05 Å². The molecule has 0 aliphatic rings. The van der Waals surface area contributed by atoms with Crippen molar-refractivity contribution in [2.75, 3.05) is 26.1 Å². The molecule has 0 spiro atoms. The van der Waals surface area contributed by atoms with E-state index in [2.05, 4.69) is 0 Å². The van der Waals surface area contributed by atoms with Crippen molar-refractivity contribution >= 4 is 25.1 Å². The molecule has 0 saturated heterocycles. The third-order valence-electron chi connectivity index (χ3n) is 4.03. The number of carbonyl (C=O) groups is 1. The second-order valence-corrected chi connectivity index (χ2v) is 11.6. The molecular weight excluding hydrogens is 371 g/mol. The van der Waals surface area contributed by atoms with Gasteiger partial charge in [0.2, 0.25) is 0 Å². The maximum Gasteiger partial charge on any atom is 0.337 e. The van der Waals surface area contributed by atoms with Gasteiger partial charge >= 0.3 is 7.60 Å². The van der Waals surface area contributed by atoms with E-state index in [1.807, 2.05) is 53.7 Å². The molecule has 7 heteroatoms. The topological polar surface area (TPSA) is 72.8 Å². The van der Waals surface area contributed by atoms with Gasteiger partial charge in [-0.05, 0) is 23.0 Å². The lowest BCUT2D eigenvalue weighted by Crippen LogP contribution is -2.17. The molecule has 0 bridgehead atoms. The van der Waals surface area contributed by atoms with Crippen molar-refractivity contribution in [3.8, 4) is 5.75 Å². The SMILES string of the molecule is COP(=O)(CC(=O)CSc1cc(C(C)(C)C)c(O)c(C(C)(C)C)c1)OC. The molecule has 26 heavy (non-hydrogen) atoms. The van der Waals surface area contributed by atoms with Crippen LogP contribution in [0.15, 0.2) is 17.0 Å². The van der Waals surface area contributed by atoms with Gasteiger partial charge in [-0.25, -0.2) is 0 Å². The summed E-state index contributed by atoms with van der Waals surface area (Å²) in [6.07, 6.45) is -0.247. The number of hydrogen-bond donors (Lipinski definition) is 1. The smallest absolute Gasteiger partial charge is 0.337 e. The van der Waals surface area contributed by atoms with Crippen LogP contribution in [0.2, 0.25) is 0 Å². The number of benzene rings is 1. The van der Waals surface area contributed by atoms with Gasteiger partial charge in [-0.1, -0.05) is 41.5 Å². The number of aromatic hydroxyl groups is 1. The summed E-state index contributed by atoms with van der Waals surface area (Å²) in [5.41, 5.74) is 1.23. The highest BCUT2D eigenvalue weighted by molar-refractivity contribution is 8.00. The Balaban J connectivity index is 3.11. The summed E-state index contributed by atoms with van der Waals surface area (Å²) in [4.78, 5) is 13.1. The second kappa shape index (κ2) is 8.47. The van der Waals surface area contributed by atoms with Crippen LogP contribution in [0.3, 0.4) is 0 Å². The molecule has 1 aromatic carbocycles. The van der Waals surface area contributed by atoms with E-state index in [-0.39, 0.29) is 28.5 Å². The van der Waals surface area contributed by atoms with Gasteiger partial charge in [-0.15, -0.1) is 11.8 Å². The Morgan fingerprint density at radius 1 is 1.04 bits per heavy atom. The number of rotatable bonds is 7. The van der Waals surface area contributed by atoms with Crippen molar-refractivity contribution < 1.29 is 23.5 Å². The quantitative estimate of drug-likeness (QED) is 0.503. The Morgan fingerprint density at radius 2 is 1.46 bits per heavy atom. The van der Waals surface area contributed by atoms with E-state index >= 15 is 0 Å². The molecule has 0 radical (unpaired) electrons. The van der Waals surface area contributed by atoms with Crippen LogP contribution in [0.1, 0.15) is 52.7 Å². The highest BCUT2D eigenvalue weighted by atomic mass is 32.2. The summed E-state index contributed by atoms with van der Waals surface area (Å²) in [7, 11) is -0.794. The Labute approximate surface area is 161 Å². The summed E-state index contributed by atoms with van der Waals surface area (Å²) in [5, 5.41) is 10.7. The first-order chi connectivity index (χ1) is 11.7. The van der Waals surface area contributed by atoms with E-state index < -0.39 is 7.60 Å². The average Bonchev–Trinajstić information content (AvgIpc) is 2.51. The van der Waals surface area contributed by atoms with E-state index in [9.17, 15) is 14.5 Å². The van der Waals surface area contributed by atoms with Crippen LogP contribution in [0.25, 0.3) is 0 Å². The van der Waals surface area contributed by atoms with Crippen molar-refractivity contribution in [2.45, 2.75) is 57.3 Å². The van der Waals surface area contributed by atoms with Gasteiger partial charge in [0.05, 0.1) is 5.75 Å². The van der Waals surface area contributed by atoms with Crippen LogP contribution in [-0.4, -0.2) is 37.0 Å². The fourth-order valence-corrected chi connectivity index (χ4v) is 4.40. The van der Waals surface area contributed by atoms with Crippen molar-refractivity contribution in [3.05, 3.63) is 23.3 Å². The van der Waals surface area contributed by atoms with Crippen molar-refractivity contribution in [1.82, 2.24) is 0 Å². The highest BCUT2D eigenvalue weighted by Gasteiger charge is 2.28. The normalized spacial score (nSPS) is 13.1. The molecule has 0 saturated carbocycles. The predicted octanol–water partition coefficient (Wildman–Crippen LogP) is 5.13. The Kier molecular flexibility index (Phi) is 7.57. The summed E-state index contributed by atoms with van der Waals surface area (Å²) in [5.74, 6) is 0.267. The third kappa shape index (κ3) is 6.12. The number of phenolic OH excluding ortho intramolecular Hbond substituents is 1. The van der Waals surface area contributed by atoms with Gasteiger partial charge in [-0.2, -0.15) is 0 Å². The van der Waals surface area contributed by atoms with Crippen molar-refractivity contribution in [3.63, 3.8) is 0 Å². The van der Waals surface area contributed by atoms with Crippen LogP contribution in [0.4, 0.5) is 0 Å². The van der Waals surface area contributed by atoms with Crippen LogP contribution in [0.5, 0.6) is 5.75 Å². The van der Waals surface area contributed by atoms with E-state index in [0.717, 1.165) is 16.0 Å². The minimum absolute atomic E-state index is 0.161. The van der Waals surface area contributed by atoms with Crippen LogP contribution in [-0.2, 0) is 29.2 Å². The first kappa shape index (κ1) is 23.2. The van der Waals surface area contributed by atoms with Gasteiger partial charge in [-0.3, -0.25) is 9.36 Å². The molecule has 0 unspecified atom stereocenters. The number of Topliss-reactive ketones (excluding diaryl/α,β-unsaturated/α-hetero) is 1. The van der Waals surface area contributed by atoms with Gasteiger partial charge in [0.25, 0.3) is 0 Å². The zero-order chi connectivity index (χ0) is 20.3. The number of phenols is 1. The largest absolute Gasteiger partial charge is 0.507 e. The minimum Gasteiger partial charge on any atom is -0.507 e. The fourth-order valence-electron chi connectivity index (χ4n) is 2.46. The van der Waals surface area contributed by atoms with E-state index in [0.29, 0.717) is 5.75 Å². The first-order valence-electron chi connectivity index (χ1n) is 8.46. The zero-order valence-corrected chi connectivity index (χ0v) is 18.7. The van der Waals surface area contributed by atoms with Crippen molar-refractivity contribution in [1.29, 1.82) is 0 Å².